The van der Waals surface area contributed by atoms with Gasteiger partial charge in [-0.2, -0.15) is 0 Å². The average Bonchev–Trinajstić information content (AvgIpc) is 3.24. The van der Waals surface area contributed by atoms with E-state index in [2.05, 4.69) is 67.0 Å². The van der Waals surface area contributed by atoms with Crippen molar-refractivity contribution in [1.29, 1.82) is 0 Å². The van der Waals surface area contributed by atoms with Gasteiger partial charge in [-0.15, -0.1) is 0 Å². The molecule has 0 spiro atoms. The lowest BCUT2D eigenvalue weighted by atomic mass is 10.4. The third-order valence-corrected chi connectivity index (χ3v) is 7.81. The number of hydrogen-bond acceptors (Lipinski definition) is 0. The minimum atomic E-state index is -1.38. The van der Waals surface area contributed by atoms with Crippen molar-refractivity contribution in [3.8, 4) is 0 Å². The molecule has 0 nitrogen and oxygen atoms in total. The van der Waals surface area contributed by atoms with Gasteiger partial charge in [0, 0.05) is 0 Å². The molecule has 86 valence electrons. The highest BCUT2D eigenvalue weighted by Gasteiger charge is 2.37. The summed E-state index contributed by atoms with van der Waals surface area (Å²) in [7, 11) is 0. The maximum atomic E-state index is 4.68. The van der Waals surface area contributed by atoms with E-state index in [-0.39, 0.29) is 0 Å². The second-order valence-electron chi connectivity index (χ2n) is 4.77. The summed E-state index contributed by atoms with van der Waals surface area (Å²) >= 11 is 0. The number of rotatable bonds is 3. The van der Waals surface area contributed by atoms with E-state index < -0.39 is 6.89 Å². The van der Waals surface area contributed by atoms with Crippen LogP contribution < -0.4 is 10.6 Å². The van der Waals surface area contributed by atoms with Crippen LogP contribution in [-0.4, -0.2) is 12.0 Å². The molecule has 0 heterocycles. The van der Waals surface area contributed by atoms with Crippen molar-refractivity contribution in [2.45, 2.75) is 18.5 Å². The van der Waals surface area contributed by atoms with Gasteiger partial charge in [0.15, 0.2) is 0 Å². The van der Waals surface area contributed by atoms with Gasteiger partial charge in [-0.05, 0) is 29.1 Å². The van der Waals surface area contributed by atoms with Crippen molar-refractivity contribution in [2.75, 3.05) is 0 Å². The summed E-state index contributed by atoms with van der Waals surface area (Å²) in [6.45, 7) is -1.38. The third kappa shape index (κ3) is 1.87. The number of hydrogen-bond donors (Lipinski definition) is 0. The first-order valence-corrected chi connectivity index (χ1v) is 8.20. The molecule has 2 aromatic rings. The second-order valence-corrected chi connectivity index (χ2v) is 8.27. The molecule has 0 bridgehead atoms. The molecule has 1 heteroatoms. The van der Waals surface area contributed by atoms with E-state index in [9.17, 15) is 0 Å². The minimum absolute atomic E-state index is 0.812. The van der Waals surface area contributed by atoms with Crippen LogP contribution in [0.2, 0.25) is 0 Å². The standard InChI is InChI=1S/C16H17P/c1-17(16-12-13-16,14-8-4-2-5-9-14)15-10-6-3-7-11-15/h2-11,16H,1,12-13H2. The lowest BCUT2D eigenvalue weighted by molar-refractivity contribution is 1.49. The molecule has 0 unspecified atom stereocenters. The molecule has 1 aliphatic rings. The van der Waals surface area contributed by atoms with Crippen molar-refractivity contribution < 1.29 is 0 Å². The Morgan fingerprint density at radius 3 is 1.53 bits per heavy atom. The Kier molecular flexibility index (Phi) is 2.68. The summed E-state index contributed by atoms with van der Waals surface area (Å²) in [4.78, 5) is 0. The van der Waals surface area contributed by atoms with Crippen molar-refractivity contribution in [3.05, 3.63) is 60.7 Å². The Balaban J connectivity index is 2.15. The smallest absolute Gasteiger partial charge is 0.0140 e. The average molecular weight is 240 g/mol. The van der Waals surface area contributed by atoms with Gasteiger partial charge >= 0.3 is 0 Å². The molecule has 0 atom stereocenters. The fourth-order valence-electron chi connectivity index (χ4n) is 2.47. The Morgan fingerprint density at radius 1 is 0.765 bits per heavy atom. The maximum absolute atomic E-state index is 4.68. The largest absolute Gasteiger partial charge is 0.0924 e. The zero-order valence-electron chi connectivity index (χ0n) is 9.92. The van der Waals surface area contributed by atoms with Gasteiger partial charge < -0.3 is 0 Å². The van der Waals surface area contributed by atoms with Gasteiger partial charge in [0.05, 0.1) is 0 Å². The summed E-state index contributed by atoms with van der Waals surface area (Å²) in [5.74, 6) is 0. The molecule has 0 aromatic heterocycles. The maximum Gasteiger partial charge on any atom is -0.0140 e. The SMILES string of the molecule is C=P(c1ccccc1)(c1ccccc1)C1CC1. The van der Waals surface area contributed by atoms with E-state index in [0.29, 0.717) is 0 Å². The zero-order valence-corrected chi connectivity index (χ0v) is 10.8. The van der Waals surface area contributed by atoms with Crippen LogP contribution in [-0.2, 0) is 0 Å². The molecule has 0 saturated heterocycles. The van der Waals surface area contributed by atoms with Gasteiger partial charge in [-0.1, -0.05) is 73.8 Å². The molecule has 2 aromatic carbocycles. The van der Waals surface area contributed by atoms with Gasteiger partial charge in [0.25, 0.3) is 0 Å². The van der Waals surface area contributed by atoms with Crippen LogP contribution in [0.3, 0.4) is 0 Å². The van der Waals surface area contributed by atoms with Crippen molar-refractivity contribution in [1.82, 2.24) is 0 Å². The van der Waals surface area contributed by atoms with Crippen molar-refractivity contribution in [2.24, 2.45) is 0 Å². The van der Waals surface area contributed by atoms with Crippen LogP contribution in [0.1, 0.15) is 12.8 Å². The molecule has 1 saturated carbocycles. The molecule has 1 fully saturated rings. The molecule has 17 heavy (non-hydrogen) atoms. The monoisotopic (exact) mass is 240 g/mol. The Bertz CT molecular complexity index is 495. The molecule has 0 aliphatic heterocycles. The second kappa shape index (κ2) is 4.20. The Labute approximate surface area is 103 Å². The summed E-state index contributed by atoms with van der Waals surface area (Å²) in [6.07, 6.45) is 7.38. The fourth-order valence-corrected chi connectivity index (χ4v) is 6.05. The van der Waals surface area contributed by atoms with Gasteiger partial charge in [0.1, 0.15) is 0 Å². The molecular weight excluding hydrogens is 223 g/mol. The van der Waals surface area contributed by atoms with E-state index in [1.165, 1.54) is 23.5 Å². The van der Waals surface area contributed by atoms with Crippen molar-refractivity contribution >= 4 is 23.8 Å². The highest BCUT2D eigenvalue weighted by atomic mass is 31.2. The topological polar surface area (TPSA) is 0 Å². The first kappa shape index (κ1) is 10.9. The summed E-state index contributed by atoms with van der Waals surface area (Å²) < 4.78 is 0. The Morgan fingerprint density at radius 2 is 1.18 bits per heavy atom. The van der Waals surface area contributed by atoms with Crippen LogP contribution >= 0.6 is 6.89 Å². The predicted octanol–water partition coefficient (Wildman–Crippen LogP) is 3.25. The molecule has 0 amide bonds. The lowest BCUT2D eigenvalue weighted by Crippen LogP contribution is -2.19. The van der Waals surface area contributed by atoms with Crippen LogP contribution in [0.4, 0.5) is 0 Å². The molecular formula is C16H17P. The molecule has 1 aliphatic carbocycles. The highest BCUT2D eigenvalue weighted by Crippen LogP contribution is 2.58. The van der Waals surface area contributed by atoms with Gasteiger partial charge in [0.2, 0.25) is 0 Å². The summed E-state index contributed by atoms with van der Waals surface area (Å²) in [5.41, 5.74) is 0.812. The highest BCUT2D eigenvalue weighted by molar-refractivity contribution is 7.88. The van der Waals surface area contributed by atoms with Crippen molar-refractivity contribution in [3.63, 3.8) is 0 Å². The van der Waals surface area contributed by atoms with E-state index in [1.807, 2.05) is 0 Å². The molecule has 0 radical (unpaired) electrons. The first-order valence-electron chi connectivity index (χ1n) is 6.16. The van der Waals surface area contributed by atoms with Gasteiger partial charge in [-0.3, -0.25) is 0 Å². The first-order chi connectivity index (χ1) is 8.32. The Hall–Kier alpha value is -1.26. The van der Waals surface area contributed by atoms with E-state index in [0.717, 1.165) is 5.66 Å². The van der Waals surface area contributed by atoms with Crippen LogP contribution in [0.5, 0.6) is 0 Å². The van der Waals surface area contributed by atoms with Crippen LogP contribution in [0, 0.1) is 0 Å². The molecule has 3 rings (SSSR count). The lowest BCUT2D eigenvalue weighted by Gasteiger charge is -2.25. The number of benzene rings is 2. The third-order valence-electron chi connectivity index (χ3n) is 3.60. The minimum Gasteiger partial charge on any atom is -0.0924 e. The van der Waals surface area contributed by atoms with Crippen LogP contribution in [0.15, 0.2) is 60.7 Å². The van der Waals surface area contributed by atoms with E-state index >= 15 is 0 Å². The fraction of sp³-hybridized carbons (Fsp3) is 0.188. The predicted molar refractivity (Wildman–Crippen MR) is 79.2 cm³/mol. The van der Waals surface area contributed by atoms with E-state index in [4.69, 9.17) is 0 Å². The molecule has 0 N–H and O–H groups in total. The van der Waals surface area contributed by atoms with Crippen LogP contribution in [0.25, 0.3) is 0 Å². The zero-order chi connectivity index (χ0) is 11.7. The normalized spacial score (nSPS) is 15.8. The summed E-state index contributed by atoms with van der Waals surface area (Å²) in [5, 5.41) is 2.90. The van der Waals surface area contributed by atoms with Gasteiger partial charge in [-0.25, -0.2) is 0 Å². The quantitative estimate of drug-likeness (QED) is 0.722. The van der Waals surface area contributed by atoms with E-state index in [1.54, 1.807) is 0 Å². The summed E-state index contributed by atoms with van der Waals surface area (Å²) in [6, 6.07) is 21.8.